The first kappa shape index (κ1) is 46.5. The summed E-state index contributed by atoms with van der Waals surface area (Å²) in [5.74, 6) is 0.0988. The van der Waals surface area contributed by atoms with Gasteiger partial charge in [0.15, 0.2) is 21.3 Å². The molecule has 9 rings (SSSR count). The Morgan fingerprint density at radius 2 is 1.69 bits per heavy atom. The smallest absolute Gasteiger partial charge is 0.346 e. The summed E-state index contributed by atoms with van der Waals surface area (Å²) in [6, 6.07) is 6.99. The van der Waals surface area contributed by atoms with E-state index in [2.05, 4.69) is 43.9 Å². The van der Waals surface area contributed by atoms with Crippen LogP contribution in [0.25, 0.3) is 22.0 Å². The fourth-order valence-corrected chi connectivity index (χ4v) is 12.4. The summed E-state index contributed by atoms with van der Waals surface area (Å²) in [5.41, 5.74) is -3.01. The highest BCUT2D eigenvalue weighted by Gasteiger charge is 2.61. The molecule has 0 unspecified atom stereocenters. The maximum Gasteiger partial charge on any atom is 0.435 e. The third kappa shape index (κ3) is 8.74. The Bertz CT molecular complexity index is 3250. The molecule has 1 amide bonds. The Labute approximate surface area is 385 Å². The minimum Gasteiger partial charge on any atom is -0.346 e. The minimum atomic E-state index is -5.19. The number of carbonyl (C=O) groups excluding carboxylic acids is 1. The van der Waals surface area contributed by atoms with Crippen molar-refractivity contribution in [3.63, 3.8) is 0 Å². The minimum absolute atomic E-state index is 0.0155. The van der Waals surface area contributed by atoms with Gasteiger partial charge >= 0.3 is 6.18 Å². The van der Waals surface area contributed by atoms with Crippen molar-refractivity contribution in [1.82, 2.24) is 29.9 Å². The van der Waals surface area contributed by atoms with Crippen molar-refractivity contribution < 1.29 is 52.4 Å². The molecule has 0 saturated heterocycles. The number of nitrogens with one attached hydrogen (secondary N) is 2. The standard InChI is InChI=1S/C45H39ClF7N7O5S2/c1-43(2,67(64,65)28-10-11-28)16-15-27-9-12-29(30-13-14-33(46)37-39(30)59(3)57-42(37)58-66(62,63)22-23-7-8-23)38(54-27)34(19-24-17-25(47)20-26(48)18-24)55-35(61)21-60-41-36(40(56-60)45(51,52)53)31-5-4-6-32(31)44(41,49)50/h9,12-14,17-18,20,23,28,31-32,34H,6-8,10-11,19,21-22H2,1-3H3,(H,55,61)(H,57,58)/t31-,32+,34-/m0/s1. The van der Waals surface area contributed by atoms with E-state index in [0.717, 1.165) is 25.0 Å². The number of benzene rings is 2. The van der Waals surface area contributed by atoms with Gasteiger partial charge in [0.25, 0.3) is 5.92 Å². The van der Waals surface area contributed by atoms with Crippen LogP contribution in [-0.2, 0) is 56.8 Å². The Morgan fingerprint density at radius 3 is 2.34 bits per heavy atom. The Hall–Kier alpha value is -5.64. The summed E-state index contributed by atoms with van der Waals surface area (Å²) in [6.07, 6.45) is -3.59. The van der Waals surface area contributed by atoms with Gasteiger partial charge in [0.1, 0.15) is 34.3 Å². The van der Waals surface area contributed by atoms with Gasteiger partial charge in [-0.2, -0.15) is 32.1 Å². The van der Waals surface area contributed by atoms with Gasteiger partial charge in [0, 0.05) is 36.2 Å². The molecule has 2 N–H and O–H groups in total. The highest BCUT2D eigenvalue weighted by molar-refractivity contribution is 7.94. The van der Waals surface area contributed by atoms with Crippen LogP contribution in [0.5, 0.6) is 0 Å². The lowest BCUT2D eigenvalue weighted by Gasteiger charge is -2.23. The van der Waals surface area contributed by atoms with Crippen LogP contribution in [0.2, 0.25) is 5.02 Å². The second kappa shape index (κ2) is 16.3. The van der Waals surface area contributed by atoms with E-state index in [1.807, 2.05) is 0 Å². The van der Waals surface area contributed by atoms with Crippen molar-refractivity contribution in [3.05, 3.63) is 93.0 Å². The number of hydrogen-bond acceptors (Lipinski definition) is 8. The maximum absolute atomic E-state index is 16.0. The Kier molecular flexibility index (Phi) is 11.3. The molecule has 352 valence electrons. The number of rotatable bonds is 13. The zero-order chi connectivity index (χ0) is 48.2. The number of halogens is 8. The molecule has 12 nitrogen and oxygen atoms in total. The van der Waals surface area contributed by atoms with Crippen LogP contribution in [0.1, 0.15) is 91.8 Å². The molecule has 0 spiro atoms. The van der Waals surface area contributed by atoms with Gasteiger partial charge in [-0.05, 0) is 93.7 Å². The van der Waals surface area contributed by atoms with Crippen LogP contribution in [0, 0.1) is 47.2 Å². The average Bonchev–Trinajstić information content (AvgIpc) is 4.10. The summed E-state index contributed by atoms with van der Waals surface area (Å²) in [5, 5.41) is 10.2. The van der Waals surface area contributed by atoms with Gasteiger partial charge in [0.05, 0.1) is 50.5 Å². The average molecular weight is 990 g/mol. The number of aryl methyl sites for hydroxylation is 1. The molecule has 3 aromatic heterocycles. The topological polar surface area (TPSA) is 158 Å². The molecule has 2 aromatic carbocycles. The molecule has 0 bridgehead atoms. The number of anilines is 1. The van der Waals surface area contributed by atoms with E-state index in [-0.39, 0.29) is 67.9 Å². The predicted octanol–water partition coefficient (Wildman–Crippen LogP) is 7.95. The number of hydrogen-bond donors (Lipinski definition) is 2. The van der Waals surface area contributed by atoms with E-state index >= 15 is 8.78 Å². The first-order valence-electron chi connectivity index (χ1n) is 21.1. The Balaban J connectivity index is 1.19. The summed E-state index contributed by atoms with van der Waals surface area (Å²) in [4.78, 5) is 19.0. The number of aromatic nitrogens is 5. The molecule has 4 aliphatic carbocycles. The molecule has 67 heavy (non-hydrogen) atoms. The third-order valence-corrected chi connectivity index (χ3v) is 17.0. The second-order valence-electron chi connectivity index (χ2n) is 17.9. The summed E-state index contributed by atoms with van der Waals surface area (Å²) in [6.45, 7) is 1.70. The molecule has 2 fully saturated rings. The van der Waals surface area contributed by atoms with E-state index in [4.69, 9.17) is 16.6 Å². The van der Waals surface area contributed by atoms with Crippen molar-refractivity contribution in [1.29, 1.82) is 0 Å². The van der Waals surface area contributed by atoms with Crippen LogP contribution in [-0.4, -0.2) is 63.0 Å². The number of alkyl halides is 5. The van der Waals surface area contributed by atoms with Gasteiger partial charge in [-0.3, -0.25) is 18.9 Å². The number of sulfone groups is 1. The SMILES string of the molecule is Cn1nc(NS(=O)(=O)CC2CC2)c2c(Cl)ccc(-c3ccc(C#CC(C)(C)S(=O)(=O)C4CC4)nc3[C@H](Cc3cc(F)cc(F)c3)NC(=O)Cn3nc(C(F)(F)F)c4c3C(F)(F)[C@@H]3CC#C[C@H]43)c21. The second-order valence-corrected chi connectivity index (χ2v) is 22.8. The normalized spacial score (nSPS) is 19.3. The lowest BCUT2D eigenvalue weighted by atomic mass is 9.93. The van der Waals surface area contributed by atoms with Crippen LogP contribution in [0.4, 0.5) is 36.6 Å². The van der Waals surface area contributed by atoms with Crippen molar-refractivity contribution in [2.75, 3.05) is 10.5 Å². The zero-order valence-corrected chi connectivity index (χ0v) is 38.1. The van der Waals surface area contributed by atoms with E-state index in [1.54, 1.807) is 6.07 Å². The zero-order valence-electron chi connectivity index (χ0n) is 35.7. The van der Waals surface area contributed by atoms with E-state index in [0.29, 0.717) is 23.6 Å². The first-order chi connectivity index (χ1) is 31.3. The van der Waals surface area contributed by atoms with Crippen molar-refractivity contribution in [3.8, 4) is 34.8 Å². The predicted molar refractivity (Wildman–Crippen MR) is 233 cm³/mol. The van der Waals surface area contributed by atoms with Gasteiger partial charge in [-0.1, -0.05) is 29.5 Å². The quantitative estimate of drug-likeness (QED) is 0.0889. The van der Waals surface area contributed by atoms with E-state index < -0.39 is 107 Å². The van der Waals surface area contributed by atoms with Gasteiger partial charge < -0.3 is 5.32 Å². The molecule has 3 heterocycles. The summed E-state index contributed by atoms with van der Waals surface area (Å²) in [7, 11) is -6.10. The van der Waals surface area contributed by atoms with E-state index in [1.165, 1.54) is 43.8 Å². The number of nitrogens with zero attached hydrogens (tertiary/aromatic N) is 5. The van der Waals surface area contributed by atoms with Gasteiger partial charge in [0.2, 0.25) is 15.9 Å². The molecule has 0 aliphatic heterocycles. The molecule has 4 aliphatic rings. The molecular weight excluding hydrogens is 951 g/mol. The number of fused-ring (bicyclic) bond motifs is 4. The summed E-state index contributed by atoms with van der Waals surface area (Å²) < 4.78 is 160. The van der Waals surface area contributed by atoms with Crippen molar-refractivity contribution >= 4 is 54.1 Å². The first-order valence-corrected chi connectivity index (χ1v) is 24.6. The third-order valence-electron chi connectivity index (χ3n) is 12.4. The van der Waals surface area contributed by atoms with Crippen LogP contribution in [0.15, 0.2) is 42.5 Å². The maximum atomic E-state index is 16.0. The number of sulfonamides is 1. The van der Waals surface area contributed by atoms with E-state index in [9.17, 15) is 43.6 Å². The van der Waals surface area contributed by atoms with Crippen molar-refractivity contribution in [2.24, 2.45) is 18.9 Å². The monoisotopic (exact) mass is 989 g/mol. The number of carbonyl (C=O) groups is 1. The number of amides is 1. The molecule has 3 atom stereocenters. The van der Waals surface area contributed by atoms with Crippen molar-refractivity contribution in [2.45, 2.75) is 93.0 Å². The number of pyridine rings is 1. The molecule has 0 radical (unpaired) electrons. The van der Waals surface area contributed by atoms with Gasteiger partial charge in [-0.15, -0.1) is 5.92 Å². The highest BCUT2D eigenvalue weighted by atomic mass is 35.5. The van der Waals surface area contributed by atoms with Crippen LogP contribution < -0.4 is 10.0 Å². The molecular formula is C45H39ClF7N7O5S2. The highest BCUT2D eigenvalue weighted by Crippen LogP contribution is 2.58. The largest absolute Gasteiger partial charge is 0.435 e. The lowest BCUT2D eigenvalue weighted by molar-refractivity contribution is -0.142. The fourth-order valence-electron chi connectivity index (χ4n) is 8.86. The molecule has 22 heteroatoms. The van der Waals surface area contributed by atoms with Gasteiger partial charge in [-0.25, -0.2) is 30.6 Å². The Morgan fingerprint density at radius 1 is 1.00 bits per heavy atom. The lowest BCUT2D eigenvalue weighted by Crippen LogP contribution is -2.35. The fraction of sp³-hybridized carbons (Fsp3) is 0.422. The molecule has 2 saturated carbocycles. The molecule has 5 aromatic rings. The summed E-state index contributed by atoms with van der Waals surface area (Å²) >= 11 is 6.72. The van der Waals surface area contributed by atoms with Crippen LogP contribution in [0.3, 0.4) is 0 Å². The van der Waals surface area contributed by atoms with Crippen LogP contribution >= 0.6 is 11.6 Å².